The zero-order valence-corrected chi connectivity index (χ0v) is 19.8. The van der Waals surface area contributed by atoms with Crippen LogP contribution in [0.2, 0.25) is 0 Å². The Hall–Kier alpha value is -4.48. The van der Waals surface area contributed by atoms with Crippen LogP contribution in [0.5, 0.6) is 11.5 Å². The van der Waals surface area contributed by atoms with E-state index in [1.807, 2.05) is 55.5 Å². The van der Waals surface area contributed by atoms with Crippen LogP contribution in [0.4, 0.5) is 11.5 Å². The smallest absolute Gasteiger partial charge is 0.249 e. The molecule has 0 saturated carbocycles. The van der Waals surface area contributed by atoms with Gasteiger partial charge in [0, 0.05) is 37.0 Å². The zero-order chi connectivity index (χ0) is 24.6. The molecular formula is C27H25N5O3. The Kier molecular flexibility index (Phi) is 7.50. The number of carbonyl (C=O) groups is 1. The SMILES string of the molecule is COCC(=O)N(C)CC#Cc1ccc2ncnc(Nc3ccc(Oc4cccnc4)c(C)c3)c2c1. The number of likely N-dealkylation sites (N-methyl/N-ethyl adjacent to an activating group) is 1. The molecule has 0 spiro atoms. The Bertz CT molecular complexity index is 1400. The van der Waals surface area contributed by atoms with Gasteiger partial charge in [-0.3, -0.25) is 9.78 Å². The second-order valence-corrected chi connectivity index (χ2v) is 7.83. The van der Waals surface area contributed by atoms with Crippen LogP contribution in [0.3, 0.4) is 0 Å². The van der Waals surface area contributed by atoms with Gasteiger partial charge < -0.3 is 19.7 Å². The number of amides is 1. The molecule has 8 nitrogen and oxygen atoms in total. The molecule has 0 aliphatic carbocycles. The fourth-order valence-corrected chi connectivity index (χ4v) is 3.33. The fourth-order valence-electron chi connectivity index (χ4n) is 3.33. The van der Waals surface area contributed by atoms with Gasteiger partial charge in [-0.25, -0.2) is 9.97 Å². The molecule has 1 amide bonds. The largest absolute Gasteiger partial charge is 0.455 e. The van der Waals surface area contributed by atoms with Crippen LogP contribution in [0.15, 0.2) is 67.3 Å². The fraction of sp³-hybridized carbons (Fsp3) is 0.185. The Balaban J connectivity index is 1.52. The highest BCUT2D eigenvalue weighted by Gasteiger charge is 2.08. The third-order valence-electron chi connectivity index (χ3n) is 5.18. The number of carbonyl (C=O) groups excluding carboxylic acids is 1. The van der Waals surface area contributed by atoms with E-state index in [0.717, 1.165) is 33.5 Å². The number of hydrogen-bond donors (Lipinski definition) is 1. The normalized spacial score (nSPS) is 10.4. The summed E-state index contributed by atoms with van der Waals surface area (Å²) in [6.07, 6.45) is 4.91. The van der Waals surface area contributed by atoms with Gasteiger partial charge >= 0.3 is 0 Å². The van der Waals surface area contributed by atoms with E-state index in [4.69, 9.17) is 9.47 Å². The minimum absolute atomic E-state index is 0.0383. The maximum atomic E-state index is 11.8. The van der Waals surface area contributed by atoms with Gasteiger partial charge in [-0.2, -0.15) is 0 Å². The molecule has 2 aromatic heterocycles. The molecule has 4 rings (SSSR count). The molecule has 1 N–H and O–H groups in total. The number of aryl methyl sites for hydroxylation is 1. The standard InChI is InChI=1S/C27H25N5O3/c1-19-14-21(9-11-25(19)35-22-7-4-12-28-16-22)31-27-23-15-20(8-10-24(23)29-18-30-27)6-5-13-32(2)26(33)17-34-3/h4,7-12,14-16,18H,13,17H2,1-3H3,(H,29,30,31). The predicted octanol–water partition coefficient (Wildman–Crippen LogP) is 4.33. The van der Waals surface area contributed by atoms with Crippen molar-refractivity contribution in [3.63, 3.8) is 0 Å². The molecule has 0 unspecified atom stereocenters. The number of methoxy groups -OCH3 is 1. The first-order valence-electron chi connectivity index (χ1n) is 11.0. The van der Waals surface area contributed by atoms with E-state index in [2.05, 4.69) is 32.1 Å². The van der Waals surface area contributed by atoms with Crippen LogP contribution in [-0.4, -0.2) is 53.1 Å². The van der Waals surface area contributed by atoms with Crippen LogP contribution in [0.25, 0.3) is 10.9 Å². The lowest BCUT2D eigenvalue weighted by molar-refractivity contribution is -0.133. The van der Waals surface area contributed by atoms with E-state index in [1.54, 1.807) is 19.4 Å². The predicted molar refractivity (Wildman–Crippen MR) is 135 cm³/mol. The highest BCUT2D eigenvalue weighted by Crippen LogP contribution is 2.29. The van der Waals surface area contributed by atoms with Crippen LogP contribution in [0, 0.1) is 18.8 Å². The van der Waals surface area contributed by atoms with Crippen molar-refractivity contribution in [3.8, 4) is 23.3 Å². The Morgan fingerprint density at radius 2 is 2.03 bits per heavy atom. The van der Waals surface area contributed by atoms with Crippen molar-refractivity contribution in [1.29, 1.82) is 0 Å². The van der Waals surface area contributed by atoms with Crippen molar-refractivity contribution >= 4 is 28.3 Å². The summed E-state index contributed by atoms with van der Waals surface area (Å²) in [5, 5.41) is 4.22. The second-order valence-electron chi connectivity index (χ2n) is 7.83. The summed E-state index contributed by atoms with van der Waals surface area (Å²) in [5.74, 6) is 8.12. The van der Waals surface area contributed by atoms with Crippen molar-refractivity contribution in [2.45, 2.75) is 6.92 Å². The van der Waals surface area contributed by atoms with E-state index in [1.165, 1.54) is 18.3 Å². The quantitative estimate of drug-likeness (QED) is 0.405. The highest BCUT2D eigenvalue weighted by atomic mass is 16.5. The lowest BCUT2D eigenvalue weighted by Crippen LogP contribution is -2.30. The Morgan fingerprint density at radius 1 is 1.14 bits per heavy atom. The number of pyridine rings is 1. The summed E-state index contributed by atoms with van der Waals surface area (Å²) in [5.41, 5.74) is 3.44. The maximum Gasteiger partial charge on any atom is 0.249 e. The van der Waals surface area contributed by atoms with Gasteiger partial charge in [0.25, 0.3) is 0 Å². The summed E-state index contributed by atoms with van der Waals surface area (Å²) < 4.78 is 10.8. The monoisotopic (exact) mass is 467 g/mol. The molecular weight excluding hydrogens is 442 g/mol. The van der Waals surface area contributed by atoms with Crippen LogP contribution in [0.1, 0.15) is 11.1 Å². The van der Waals surface area contributed by atoms with E-state index in [9.17, 15) is 4.79 Å². The van der Waals surface area contributed by atoms with Crippen molar-refractivity contribution < 1.29 is 14.3 Å². The van der Waals surface area contributed by atoms with Gasteiger partial charge in [0.1, 0.15) is 30.3 Å². The van der Waals surface area contributed by atoms with E-state index < -0.39 is 0 Å². The van der Waals surface area contributed by atoms with E-state index in [0.29, 0.717) is 18.1 Å². The lowest BCUT2D eigenvalue weighted by Gasteiger charge is -2.13. The first-order valence-corrected chi connectivity index (χ1v) is 11.0. The number of rotatable bonds is 7. The van der Waals surface area contributed by atoms with Gasteiger partial charge in [0.05, 0.1) is 18.3 Å². The number of hydrogen-bond acceptors (Lipinski definition) is 7. The molecule has 0 radical (unpaired) electrons. The van der Waals surface area contributed by atoms with Crippen molar-refractivity contribution in [2.75, 3.05) is 32.6 Å². The van der Waals surface area contributed by atoms with Crippen molar-refractivity contribution in [3.05, 3.63) is 78.4 Å². The molecule has 8 heteroatoms. The number of anilines is 2. The summed E-state index contributed by atoms with van der Waals surface area (Å²) >= 11 is 0. The third kappa shape index (κ3) is 6.10. The third-order valence-corrected chi connectivity index (χ3v) is 5.18. The molecule has 2 heterocycles. The van der Waals surface area contributed by atoms with Gasteiger partial charge in [-0.15, -0.1) is 0 Å². The second kappa shape index (κ2) is 11.1. The molecule has 0 aliphatic heterocycles. The molecule has 0 saturated heterocycles. The van der Waals surface area contributed by atoms with E-state index in [-0.39, 0.29) is 12.5 Å². The maximum absolute atomic E-state index is 11.8. The minimum Gasteiger partial charge on any atom is -0.455 e. The number of fused-ring (bicyclic) bond motifs is 1. The van der Waals surface area contributed by atoms with Crippen LogP contribution < -0.4 is 10.1 Å². The first kappa shape index (κ1) is 23.7. The first-order chi connectivity index (χ1) is 17.0. The number of aromatic nitrogens is 3. The van der Waals surface area contributed by atoms with Gasteiger partial charge in [0.2, 0.25) is 5.91 Å². The minimum atomic E-state index is -0.118. The zero-order valence-electron chi connectivity index (χ0n) is 19.8. The lowest BCUT2D eigenvalue weighted by atomic mass is 10.1. The summed E-state index contributed by atoms with van der Waals surface area (Å²) in [6.45, 7) is 2.33. The van der Waals surface area contributed by atoms with E-state index >= 15 is 0 Å². The molecule has 0 bridgehead atoms. The van der Waals surface area contributed by atoms with Gasteiger partial charge in [-0.05, 0) is 61.0 Å². The average Bonchev–Trinajstić information content (AvgIpc) is 2.87. The van der Waals surface area contributed by atoms with Crippen molar-refractivity contribution in [1.82, 2.24) is 19.9 Å². The summed E-state index contributed by atoms with van der Waals surface area (Å²) in [7, 11) is 3.19. The Morgan fingerprint density at radius 3 is 2.80 bits per heavy atom. The van der Waals surface area contributed by atoms with Crippen molar-refractivity contribution in [2.24, 2.45) is 0 Å². The molecule has 4 aromatic rings. The van der Waals surface area contributed by atoms with Gasteiger partial charge in [-0.1, -0.05) is 11.8 Å². The summed E-state index contributed by atoms with van der Waals surface area (Å²) in [4.78, 5) is 26.2. The number of benzene rings is 2. The number of nitrogens with one attached hydrogen (secondary N) is 1. The van der Waals surface area contributed by atoms with Crippen LogP contribution >= 0.6 is 0 Å². The average molecular weight is 468 g/mol. The highest BCUT2D eigenvalue weighted by molar-refractivity contribution is 5.91. The molecule has 2 aromatic carbocycles. The molecule has 35 heavy (non-hydrogen) atoms. The number of ether oxygens (including phenoxy) is 2. The topological polar surface area (TPSA) is 89.5 Å². The molecule has 0 atom stereocenters. The van der Waals surface area contributed by atoms with Crippen LogP contribution in [-0.2, 0) is 9.53 Å². The molecule has 0 fully saturated rings. The molecule has 176 valence electrons. The molecule has 0 aliphatic rings. The van der Waals surface area contributed by atoms with Gasteiger partial charge in [0.15, 0.2) is 0 Å². The summed E-state index contributed by atoms with van der Waals surface area (Å²) in [6, 6.07) is 15.3. The Labute approximate surface area is 204 Å². The number of nitrogens with zero attached hydrogens (tertiary/aromatic N) is 4.